The topological polar surface area (TPSA) is 89.1 Å². The molecule has 3 aromatic heterocycles. The number of hydrogen-bond acceptors (Lipinski definition) is 5. The molecule has 32 heavy (non-hydrogen) atoms. The Morgan fingerprint density at radius 2 is 1.84 bits per heavy atom. The second-order valence-electron chi connectivity index (χ2n) is 7.84. The van der Waals surface area contributed by atoms with Crippen molar-refractivity contribution in [3.63, 3.8) is 0 Å². The molecule has 0 bridgehead atoms. The van der Waals surface area contributed by atoms with Gasteiger partial charge in [0.2, 0.25) is 0 Å². The summed E-state index contributed by atoms with van der Waals surface area (Å²) in [5.74, 6) is 1.03. The molecular weight excluding hydrogens is 402 g/mol. The highest BCUT2D eigenvalue weighted by Crippen LogP contribution is 2.27. The molecule has 0 fully saturated rings. The first-order valence-corrected chi connectivity index (χ1v) is 10.4. The van der Waals surface area contributed by atoms with Gasteiger partial charge in [-0.3, -0.25) is 13.9 Å². The molecular formula is C24H23N7O. The Morgan fingerprint density at radius 3 is 2.59 bits per heavy atom. The molecule has 8 nitrogen and oxygen atoms in total. The van der Waals surface area contributed by atoms with Gasteiger partial charge in [-0.1, -0.05) is 18.2 Å². The normalized spacial score (nSPS) is 11.2. The number of benzene rings is 2. The Kier molecular flexibility index (Phi) is 4.82. The molecule has 0 aliphatic carbocycles. The molecule has 2 aromatic carbocycles. The summed E-state index contributed by atoms with van der Waals surface area (Å²) in [6.07, 6.45) is 3.57. The van der Waals surface area contributed by atoms with Crippen LogP contribution in [0.2, 0.25) is 0 Å². The fourth-order valence-electron chi connectivity index (χ4n) is 3.70. The number of nitrogens with zero attached hydrogens (tertiary/aromatic N) is 5. The quantitative estimate of drug-likeness (QED) is 0.443. The van der Waals surface area contributed by atoms with E-state index in [4.69, 9.17) is 4.98 Å². The number of aryl methyl sites for hydroxylation is 3. The van der Waals surface area contributed by atoms with E-state index in [9.17, 15) is 4.79 Å². The minimum Gasteiger partial charge on any atom is -0.361 e. The monoisotopic (exact) mass is 425 g/mol. The van der Waals surface area contributed by atoms with Crippen molar-refractivity contribution in [3.05, 3.63) is 83.3 Å². The van der Waals surface area contributed by atoms with Crippen LogP contribution in [0.15, 0.2) is 60.9 Å². The van der Waals surface area contributed by atoms with Gasteiger partial charge in [0, 0.05) is 18.8 Å². The van der Waals surface area contributed by atoms with Crippen molar-refractivity contribution < 1.29 is 4.79 Å². The summed E-state index contributed by atoms with van der Waals surface area (Å²) in [6.45, 7) is 4.64. The first-order valence-electron chi connectivity index (χ1n) is 10.4. The van der Waals surface area contributed by atoms with Crippen LogP contribution in [-0.2, 0) is 13.6 Å². The molecule has 0 radical (unpaired) electrons. The minimum atomic E-state index is -0.191. The van der Waals surface area contributed by atoms with Crippen molar-refractivity contribution in [2.45, 2.75) is 20.4 Å². The van der Waals surface area contributed by atoms with Gasteiger partial charge < -0.3 is 10.6 Å². The van der Waals surface area contributed by atoms with Gasteiger partial charge in [-0.15, -0.1) is 0 Å². The van der Waals surface area contributed by atoms with E-state index in [0.29, 0.717) is 29.4 Å². The highest BCUT2D eigenvalue weighted by Gasteiger charge is 2.17. The summed E-state index contributed by atoms with van der Waals surface area (Å²) in [6, 6.07) is 15.2. The molecule has 8 heteroatoms. The molecule has 0 saturated heterocycles. The predicted octanol–water partition coefficient (Wildman–Crippen LogP) is 4.10. The minimum absolute atomic E-state index is 0.191. The van der Waals surface area contributed by atoms with Gasteiger partial charge in [0.05, 0.1) is 29.5 Å². The summed E-state index contributed by atoms with van der Waals surface area (Å²) in [5, 5.41) is 10.8. The van der Waals surface area contributed by atoms with Gasteiger partial charge in [-0.05, 0) is 55.3 Å². The number of nitrogens with one attached hydrogen (secondary N) is 2. The van der Waals surface area contributed by atoms with Crippen LogP contribution in [-0.4, -0.2) is 30.1 Å². The van der Waals surface area contributed by atoms with Gasteiger partial charge in [-0.2, -0.15) is 5.10 Å². The fraction of sp³-hybridized carbons (Fsp3) is 0.167. The van der Waals surface area contributed by atoms with E-state index in [-0.39, 0.29) is 5.91 Å². The Balaban J connectivity index is 1.61. The van der Waals surface area contributed by atoms with E-state index in [1.165, 1.54) is 0 Å². The number of rotatable bonds is 5. The predicted molar refractivity (Wildman–Crippen MR) is 125 cm³/mol. The molecule has 1 amide bonds. The summed E-state index contributed by atoms with van der Waals surface area (Å²) < 4.78 is 3.70. The summed E-state index contributed by atoms with van der Waals surface area (Å²) in [4.78, 5) is 22.2. The van der Waals surface area contributed by atoms with Crippen LogP contribution >= 0.6 is 0 Å². The number of hydrogen-bond donors (Lipinski definition) is 2. The average molecular weight is 425 g/mol. The van der Waals surface area contributed by atoms with Crippen LogP contribution in [0.4, 0.5) is 11.6 Å². The first-order chi connectivity index (χ1) is 15.5. The number of anilines is 2. The third kappa shape index (κ3) is 3.56. The zero-order chi connectivity index (χ0) is 22.2. The Bertz CT molecular complexity index is 1450. The smallest absolute Gasteiger partial charge is 0.256 e. The molecule has 0 spiro atoms. The second kappa shape index (κ2) is 7.81. The molecule has 0 aliphatic heterocycles. The first kappa shape index (κ1) is 19.7. The van der Waals surface area contributed by atoms with Crippen LogP contribution < -0.4 is 10.6 Å². The third-order valence-corrected chi connectivity index (χ3v) is 5.52. The average Bonchev–Trinajstić information content (AvgIpc) is 3.40. The maximum atomic E-state index is 12.8. The highest BCUT2D eigenvalue weighted by atomic mass is 16.1. The number of fused-ring (bicyclic) bond motifs is 3. The third-order valence-electron chi connectivity index (χ3n) is 5.52. The van der Waals surface area contributed by atoms with Crippen LogP contribution in [0.1, 0.15) is 27.2 Å². The molecule has 5 aromatic rings. The summed E-state index contributed by atoms with van der Waals surface area (Å²) >= 11 is 0. The maximum Gasteiger partial charge on any atom is 0.256 e. The van der Waals surface area contributed by atoms with Crippen LogP contribution in [0.5, 0.6) is 0 Å². The molecule has 3 heterocycles. The van der Waals surface area contributed by atoms with E-state index in [1.807, 2.05) is 41.9 Å². The lowest BCUT2D eigenvalue weighted by Gasteiger charge is -2.13. The largest absolute Gasteiger partial charge is 0.361 e. The van der Waals surface area contributed by atoms with Gasteiger partial charge in [-0.25, -0.2) is 9.97 Å². The zero-order valence-corrected chi connectivity index (χ0v) is 18.1. The van der Waals surface area contributed by atoms with Crippen molar-refractivity contribution >= 4 is 34.2 Å². The fourth-order valence-corrected chi connectivity index (χ4v) is 3.70. The molecule has 160 valence electrons. The molecule has 0 saturated carbocycles. The number of carbonyl (C=O) groups is 1. The zero-order valence-electron chi connectivity index (χ0n) is 18.1. The number of amides is 1. The van der Waals surface area contributed by atoms with Gasteiger partial charge in [0.15, 0.2) is 11.5 Å². The lowest BCUT2D eigenvalue weighted by atomic mass is 10.1. The Hall–Kier alpha value is -4.20. The van der Waals surface area contributed by atoms with E-state index < -0.39 is 0 Å². The van der Waals surface area contributed by atoms with Crippen molar-refractivity contribution in [1.29, 1.82) is 0 Å². The molecule has 0 atom stereocenters. The van der Waals surface area contributed by atoms with Crippen LogP contribution in [0.25, 0.3) is 16.7 Å². The van der Waals surface area contributed by atoms with E-state index in [1.54, 1.807) is 23.0 Å². The van der Waals surface area contributed by atoms with Crippen molar-refractivity contribution in [2.24, 2.45) is 7.05 Å². The van der Waals surface area contributed by atoms with Gasteiger partial charge in [0.25, 0.3) is 5.91 Å². The lowest BCUT2D eigenvalue weighted by Crippen LogP contribution is -2.14. The van der Waals surface area contributed by atoms with E-state index in [2.05, 4.69) is 46.7 Å². The van der Waals surface area contributed by atoms with Gasteiger partial charge >= 0.3 is 0 Å². The molecule has 0 unspecified atom stereocenters. The van der Waals surface area contributed by atoms with Gasteiger partial charge in [0.1, 0.15) is 5.82 Å². The SMILES string of the molecule is Cc1cc2nc(NCc3ccn(C)n3)c3ncc(NC(=O)c4ccccc4)n3c2cc1C. The van der Waals surface area contributed by atoms with E-state index in [0.717, 1.165) is 27.9 Å². The lowest BCUT2D eigenvalue weighted by molar-refractivity contribution is 0.102. The molecule has 5 rings (SSSR count). The molecule has 2 N–H and O–H groups in total. The second-order valence-corrected chi connectivity index (χ2v) is 7.84. The molecule has 0 aliphatic rings. The Labute approximate surface area is 184 Å². The maximum absolute atomic E-state index is 12.8. The summed E-state index contributed by atoms with van der Waals surface area (Å²) in [5.41, 5.74) is 6.11. The number of carbonyl (C=O) groups excluding carboxylic acids is 1. The standard InChI is InChI=1S/C24H23N7O/c1-15-11-19-20(12-16(15)2)31-21(28-24(32)17-7-5-4-6-8-17)14-26-23(31)22(27-19)25-13-18-9-10-30(3)29-18/h4-12,14H,13H2,1-3H3,(H,25,27)(H,28,32). The van der Waals surface area contributed by atoms with Crippen LogP contribution in [0, 0.1) is 13.8 Å². The number of aromatic nitrogens is 5. The van der Waals surface area contributed by atoms with Crippen molar-refractivity contribution in [3.8, 4) is 0 Å². The Morgan fingerprint density at radius 1 is 1.06 bits per heavy atom. The van der Waals surface area contributed by atoms with Crippen molar-refractivity contribution in [1.82, 2.24) is 24.1 Å². The van der Waals surface area contributed by atoms with Crippen molar-refractivity contribution in [2.75, 3.05) is 10.6 Å². The van der Waals surface area contributed by atoms with E-state index >= 15 is 0 Å². The van der Waals surface area contributed by atoms with Crippen LogP contribution in [0.3, 0.4) is 0 Å². The highest BCUT2D eigenvalue weighted by molar-refractivity contribution is 6.04. The summed E-state index contributed by atoms with van der Waals surface area (Å²) in [7, 11) is 1.89. The number of imidazole rings is 1.